The number of rotatable bonds is 0. The van der Waals surface area contributed by atoms with E-state index in [0.29, 0.717) is 0 Å². The minimum absolute atomic E-state index is 1.16. The summed E-state index contributed by atoms with van der Waals surface area (Å²) >= 11 is 0. The Balaban J connectivity index is 2.35. The summed E-state index contributed by atoms with van der Waals surface area (Å²) in [4.78, 5) is 4.36. The number of fused-ring (bicyclic) bond motifs is 1. The summed E-state index contributed by atoms with van der Waals surface area (Å²) in [6, 6.07) is 0. The van der Waals surface area contributed by atoms with Gasteiger partial charge in [-0.1, -0.05) is 18.2 Å². The zero-order chi connectivity index (χ0) is 7.52. The first kappa shape index (κ1) is 6.59. The molecule has 11 heavy (non-hydrogen) atoms. The predicted octanol–water partition coefficient (Wildman–Crippen LogP) is 2.62. The Morgan fingerprint density at radius 3 is 3.09 bits per heavy atom. The van der Waals surface area contributed by atoms with Crippen LogP contribution in [0.4, 0.5) is 0 Å². The largest absolute Gasteiger partial charge is 0.261 e. The van der Waals surface area contributed by atoms with Crippen LogP contribution < -0.4 is 0 Å². The quantitative estimate of drug-likeness (QED) is 0.497. The average molecular weight is 145 g/mol. The second kappa shape index (κ2) is 2.87. The van der Waals surface area contributed by atoms with Gasteiger partial charge in [-0.2, -0.15) is 0 Å². The summed E-state index contributed by atoms with van der Waals surface area (Å²) in [7, 11) is 0. The van der Waals surface area contributed by atoms with Crippen LogP contribution in [0.5, 0.6) is 0 Å². The molecule has 0 aromatic heterocycles. The van der Waals surface area contributed by atoms with Gasteiger partial charge in [0.25, 0.3) is 0 Å². The maximum absolute atomic E-state index is 4.36. The lowest BCUT2D eigenvalue weighted by Gasteiger charge is -1.96. The van der Waals surface area contributed by atoms with Crippen LogP contribution in [0.15, 0.2) is 41.1 Å². The smallest absolute Gasteiger partial charge is 0.0435 e. The summed E-state index contributed by atoms with van der Waals surface area (Å²) < 4.78 is 0. The van der Waals surface area contributed by atoms with Crippen LogP contribution in [0, 0.1) is 0 Å². The molecule has 1 heteroatoms. The average Bonchev–Trinajstić information content (AvgIpc) is 2.35. The van der Waals surface area contributed by atoms with Crippen molar-refractivity contribution in [2.75, 3.05) is 0 Å². The summed E-state index contributed by atoms with van der Waals surface area (Å²) in [5, 5.41) is 0. The molecule has 0 radical (unpaired) electrons. The molecule has 0 bridgehead atoms. The maximum atomic E-state index is 4.36. The van der Waals surface area contributed by atoms with Crippen LogP contribution in [0.25, 0.3) is 0 Å². The van der Waals surface area contributed by atoms with E-state index < -0.39 is 0 Å². The second-order valence-electron chi connectivity index (χ2n) is 2.85. The zero-order valence-corrected chi connectivity index (χ0v) is 6.46. The number of aliphatic imine (C=N–C) groups is 1. The van der Waals surface area contributed by atoms with Crippen LogP contribution in [-0.4, -0.2) is 5.71 Å². The van der Waals surface area contributed by atoms with Gasteiger partial charge in [0.15, 0.2) is 0 Å². The van der Waals surface area contributed by atoms with E-state index in [1.807, 2.05) is 18.4 Å². The Bertz CT molecular complexity index is 239. The third-order valence-electron chi connectivity index (χ3n) is 2.07. The molecule has 1 aliphatic carbocycles. The van der Waals surface area contributed by atoms with E-state index in [1.165, 1.54) is 24.1 Å². The van der Waals surface area contributed by atoms with E-state index in [1.54, 1.807) is 0 Å². The van der Waals surface area contributed by atoms with Gasteiger partial charge < -0.3 is 0 Å². The van der Waals surface area contributed by atoms with Crippen LogP contribution in [0.1, 0.15) is 19.3 Å². The third kappa shape index (κ3) is 1.32. The lowest BCUT2D eigenvalue weighted by atomic mass is 10.2. The fourth-order valence-electron chi connectivity index (χ4n) is 1.50. The van der Waals surface area contributed by atoms with Gasteiger partial charge in [0, 0.05) is 11.9 Å². The van der Waals surface area contributed by atoms with E-state index in [-0.39, 0.29) is 0 Å². The van der Waals surface area contributed by atoms with E-state index >= 15 is 0 Å². The predicted molar refractivity (Wildman–Crippen MR) is 47.6 cm³/mol. The van der Waals surface area contributed by atoms with Gasteiger partial charge in [0.2, 0.25) is 0 Å². The normalized spacial score (nSPS) is 26.5. The standard InChI is InChI=1S/C10H11N/c1-2-5-9-6-4-7-10(9)11-8-3-1/h1-3,5,8H,4,6-7H2/b2-1?,3-1?,5-2?,8-3?,9-5+,11-8?,11-10?. The van der Waals surface area contributed by atoms with E-state index in [0.717, 1.165) is 6.42 Å². The van der Waals surface area contributed by atoms with Gasteiger partial charge in [0.05, 0.1) is 0 Å². The molecule has 1 nitrogen and oxygen atoms in total. The fourth-order valence-corrected chi connectivity index (χ4v) is 1.50. The molecule has 0 N–H and O–H groups in total. The molecule has 2 aliphatic rings. The van der Waals surface area contributed by atoms with Crippen molar-refractivity contribution in [2.24, 2.45) is 4.99 Å². The Morgan fingerprint density at radius 1 is 1.09 bits per heavy atom. The van der Waals surface area contributed by atoms with Crippen molar-refractivity contribution >= 4 is 5.71 Å². The zero-order valence-electron chi connectivity index (χ0n) is 6.46. The molecule has 0 aromatic carbocycles. The van der Waals surface area contributed by atoms with E-state index in [9.17, 15) is 0 Å². The lowest BCUT2D eigenvalue weighted by molar-refractivity contribution is 0.946. The molecule has 2 rings (SSSR count). The first-order valence-corrected chi connectivity index (χ1v) is 4.06. The SMILES string of the molecule is C1=C/C=C2\CCCC2=NC=C1. The van der Waals surface area contributed by atoms with Crippen molar-refractivity contribution in [3.05, 3.63) is 36.1 Å². The molecule has 0 amide bonds. The number of hydrogen-bond donors (Lipinski definition) is 0. The summed E-state index contributed by atoms with van der Waals surface area (Å²) in [5.74, 6) is 0. The molecule has 0 aromatic rings. The minimum atomic E-state index is 1.16. The van der Waals surface area contributed by atoms with Crippen molar-refractivity contribution < 1.29 is 0 Å². The van der Waals surface area contributed by atoms with Crippen LogP contribution in [0.2, 0.25) is 0 Å². The Hall–Kier alpha value is -1.11. The van der Waals surface area contributed by atoms with Crippen molar-refractivity contribution in [1.82, 2.24) is 0 Å². The highest BCUT2D eigenvalue weighted by atomic mass is 14.7. The van der Waals surface area contributed by atoms with Crippen LogP contribution >= 0.6 is 0 Å². The molecule has 1 saturated carbocycles. The lowest BCUT2D eigenvalue weighted by Crippen LogP contribution is -1.92. The molecule has 56 valence electrons. The molecular formula is C10H11N. The molecule has 0 unspecified atom stereocenters. The molecule has 0 saturated heterocycles. The van der Waals surface area contributed by atoms with Crippen LogP contribution in [0.3, 0.4) is 0 Å². The van der Waals surface area contributed by atoms with E-state index in [4.69, 9.17) is 0 Å². The maximum Gasteiger partial charge on any atom is 0.0435 e. The summed E-state index contributed by atoms with van der Waals surface area (Å²) in [5.41, 5.74) is 2.70. The van der Waals surface area contributed by atoms with Gasteiger partial charge in [-0.05, 0) is 30.9 Å². The number of hydrogen-bond acceptors (Lipinski definition) is 1. The Labute approximate surface area is 66.8 Å². The van der Waals surface area contributed by atoms with Crippen molar-refractivity contribution in [1.29, 1.82) is 0 Å². The molecule has 0 atom stereocenters. The minimum Gasteiger partial charge on any atom is -0.261 e. The molecule has 1 aliphatic heterocycles. The molecule has 0 spiro atoms. The molecule has 1 heterocycles. The van der Waals surface area contributed by atoms with Gasteiger partial charge in [-0.15, -0.1) is 0 Å². The van der Waals surface area contributed by atoms with Crippen molar-refractivity contribution in [3.8, 4) is 0 Å². The first-order valence-electron chi connectivity index (χ1n) is 4.06. The van der Waals surface area contributed by atoms with Crippen molar-refractivity contribution in [2.45, 2.75) is 19.3 Å². The van der Waals surface area contributed by atoms with Gasteiger partial charge in [-0.3, -0.25) is 4.99 Å². The summed E-state index contributed by atoms with van der Waals surface area (Å²) in [6.45, 7) is 0. The highest BCUT2D eigenvalue weighted by Crippen LogP contribution is 2.22. The molecule has 1 fully saturated rings. The van der Waals surface area contributed by atoms with Gasteiger partial charge >= 0.3 is 0 Å². The summed E-state index contributed by atoms with van der Waals surface area (Å²) in [6.07, 6.45) is 13.8. The van der Waals surface area contributed by atoms with Crippen molar-refractivity contribution in [3.63, 3.8) is 0 Å². The highest BCUT2D eigenvalue weighted by molar-refractivity contribution is 6.02. The number of allylic oxidation sites excluding steroid dienone is 5. The molecular weight excluding hydrogens is 134 g/mol. The van der Waals surface area contributed by atoms with E-state index in [2.05, 4.69) is 17.1 Å². The van der Waals surface area contributed by atoms with Crippen LogP contribution in [-0.2, 0) is 0 Å². The Morgan fingerprint density at radius 2 is 2.09 bits per heavy atom. The van der Waals surface area contributed by atoms with Gasteiger partial charge in [0.1, 0.15) is 0 Å². The monoisotopic (exact) mass is 145 g/mol. The third-order valence-corrected chi connectivity index (χ3v) is 2.07. The second-order valence-corrected chi connectivity index (χ2v) is 2.85. The van der Waals surface area contributed by atoms with Gasteiger partial charge in [-0.25, -0.2) is 0 Å². The Kier molecular flexibility index (Phi) is 1.72. The number of nitrogens with zero attached hydrogens (tertiary/aromatic N) is 1. The first-order chi connectivity index (χ1) is 5.47. The highest BCUT2D eigenvalue weighted by Gasteiger charge is 2.13. The topological polar surface area (TPSA) is 12.4 Å². The fraction of sp³-hybridized carbons (Fsp3) is 0.300.